The third-order valence-corrected chi connectivity index (χ3v) is 19.7. The lowest BCUT2D eigenvalue weighted by Crippen LogP contribution is -2.62. The van der Waals surface area contributed by atoms with Gasteiger partial charge in [0.15, 0.2) is 43.3 Å². The van der Waals surface area contributed by atoms with Crippen LogP contribution in [0.5, 0.6) is 0 Å². The molecule has 78 heavy (non-hydrogen) atoms. The molecule has 8 unspecified atom stereocenters. The Bertz CT molecular complexity index is 2020. The zero-order valence-electron chi connectivity index (χ0n) is 47.1. The molecule has 0 amide bonds. The normalized spacial score (nSPS) is 50.7. The van der Waals surface area contributed by atoms with Gasteiger partial charge in [0.1, 0.15) is 54.9 Å². The number of hydrogen-bond donors (Lipinski definition) is 6. The van der Waals surface area contributed by atoms with Crippen LogP contribution in [0.1, 0.15) is 119 Å². The third kappa shape index (κ3) is 11.8. The average molecular weight is 1120 g/mol. The van der Waals surface area contributed by atoms with E-state index in [1.54, 1.807) is 21.1 Å². The first-order valence-corrected chi connectivity index (χ1v) is 28.7. The SMILES string of the molecule is CC[C@@H]1[C@H](OC(C)=O)C(=O)[C@@H]2C3CC=C4C[C@@H](O[C@H]5C[C@@H](OC)[C@H](O[C@H]6C[C@@H](OC)[C@H](O[C@H]7C[C@@H](O)[C@H](O[C@H]8C[C@@H](OC)[C@H](O[C@@H]9OC(CO)[C@@H](O)[C@H](O)C9O)C(CO)O8)C(C)O7)C(C)O6)C(C)O5)CC[C@]4(C)C3CC[C@@]21C. The van der Waals surface area contributed by atoms with Gasteiger partial charge in [0.25, 0.3) is 0 Å². The van der Waals surface area contributed by atoms with Crippen LogP contribution in [0.25, 0.3) is 0 Å². The van der Waals surface area contributed by atoms with Gasteiger partial charge in [-0.2, -0.15) is 0 Å². The molecule has 5 aliphatic heterocycles. The van der Waals surface area contributed by atoms with Crippen molar-refractivity contribution in [3.05, 3.63) is 11.6 Å². The van der Waals surface area contributed by atoms with Crippen LogP contribution < -0.4 is 0 Å². The average Bonchev–Trinajstić information content (AvgIpc) is 3.86. The number of methoxy groups -OCH3 is 3. The van der Waals surface area contributed by atoms with Crippen molar-refractivity contribution in [1.82, 2.24) is 0 Å². The minimum Gasteiger partial charge on any atom is -0.454 e. The van der Waals surface area contributed by atoms with E-state index in [1.807, 2.05) is 13.8 Å². The van der Waals surface area contributed by atoms with Gasteiger partial charge in [0.05, 0.1) is 62.0 Å². The fourth-order valence-electron chi connectivity index (χ4n) is 15.6. The lowest BCUT2D eigenvalue weighted by molar-refractivity contribution is -0.361. The zero-order chi connectivity index (χ0) is 56.1. The standard InChI is InChI=1S/C56H90O22/c1-11-32-52(71-28(5)59)46(62)44-31-13-12-29-18-30(14-16-55(29,6)33(31)15-17-56(32,44)7)72-41-20-35(65-8)51(26(3)69-41)77-42-21-36(66-9)50(27(4)70-42)76-40-19-34(60)49(25(2)68-40)75-43-22-37(67-10)53(39(24-58)73-43)78-54-48(64)47(63)45(61)38(23-57)74-54/h12,25-27,30-45,47-54,57-58,60-61,63-64H,11,13-24H2,1-10H3/t25?,26?,27?,30-,31?,32+,33?,34+,35+,36+,37+,38?,39?,40-,41-,42-,43-,44-,45+,47-,48?,49+,50+,51+,52-,53-,54-,55-,56+/m0/s1. The van der Waals surface area contributed by atoms with Crippen molar-refractivity contribution in [2.45, 2.75) is 260 Å². The number of aliphatic hydroxyl groups excluding tert-OH is 6. The number of Topliss-reactive ketones (excluding diaryl/α,β-unsaturated/α-hetero) is 1. The molecule has 5 heterocycles. The zero-order valence-corrected chi connectivity index (χ0v) is 47.1. The van der Waals surface area contributed by atoms with Gasteiger partial charge in [-0.05, 0) is 88.4 Å². The van der Waals surface area contributed by atoms with Crippen molar-refractivity contribution in [1.29, 1.82) is 0 Å². The number of aliphatic hydroxyl groups is 6. The first-order chi connectivity index (χ1) is 37.2. The molecule has 29 atom stereocenters. The van der Waals surface area contributed by atoms with Gasteiger partial charge in [0, 0.05) is 65.8 Å². The molecule has 0 spiro atoms. The number of esters is 1. The van der Waals surface area contributed by atoms with Crippen molar-refractivity contribution < 1.29 is 107 Å². The largest absolute Gasteiger partial charge is 0.454 e. The molecule has 22 heteroatoms. The van der Waals surface area contributed by atoms with E-state index in [1.165, 1.54) is 19.6 Å². The molecule has 4 aliphatic carbocycles. The van der Waals surface area contributed by atoms with Gasteiger partial charge < -0.3 is 97.0 Å². The summed E-state index contributed by atoms with van der Waals surface area (Å²) in [5.41, 5.74) is 1.20. The minimum absolute atomic E-state index is 0.0354. The Hall–Kier alpha value is -1.88. The third-order valence-electron chi connectivity index (χ3n) is 19.7. The predicted octanol–water partition coefficient (Wildman–Crippen LogP) is 2.34. The predicted molar refractivity (Wildman–Crippen MR) is 271 cm³/mol. The van der Waals surface area contributed by atoms with Gasteiger partial charge in [-0.3, -0.25) is 9.59 Å². The molecular formula is C56H90O22. The van der Waals surface area contributed by atoms with Gasteiger partial charge in [0.2, 0.25) is 0 Å². The fraction of sp³-hybridized carbons (Fsp3) is 0.929. The summed E-state index contributed by atoms with van der Waals surface area (Å²) >= 11 is 0. The van der Waals surface area contributed by atoms with Crippen molar-refractivity contribution in [2.75, 3.05) is 34.5 Å². The van der Waals surface area contributed by atoms with Crippen molar-refractivity contribution >= 4 is 11.8 Å². The molecule has 0 aromatic heterocycles. The smallest absolute Gasteiger partial charge is 0.303 e. The molecule has 9 aliphatic rings. The number of carbonyl (C=O) groups excluding carboxylic acids is 2. The van der Waals surface area contributed by atoms with E-state index in [0.29, 0.717) is 18.8 Å². The summed E-state index contributed by atoms with van der Waals surface area (Å²) in [6, 6.07) is 0. The summed E-state index contributed by atoms with van der Waals surface area (Å²) in [5, 5.41) is 62.6. The van der Waals surface area contributed by atoms with Gasteiger partial charge >= 0.3 is 5.97 Å². The van der Waals surface area contributed by atoms with E-state index in [0.717, 1.165) is 44.9 Å². The molecule has 5 saturated heterocycles. The van der Waals surface area contributed by atoms with Gasteiger partial charge in [-0.1, -0.05) is 32.4 Å². The molecule has 0 radical (unpaired) electrons. The second-order valence-electron chi connectivity index (χ2n) is 24.2. The van der Waals surface area contributed by atoms with Crippen LogP contribution in [0.15, 0.2) is 11.6 Å². The van der Waals surface area contributed by atoms with Crippen LogP contribution in [0.2, 0.25) is 0 Å². The van der Waals surface area contributed by atoms with E-state index in [4.69, 9.17) is 66.3 Å². The Labute approximate surface area is 458 Å². The van der Waals surface area contributed by atoms with Gasteiger partial charge in [-0.15, -0.1) is 0 Å². The Morgan fingerprint density at radius 1 is 0.667 bits per heavy atom. The summed E-state index contributed by atoms with van der Waals surface area (Å²) < 4.78 is 86.5. The second-order valence-corrected chi connectivity index (χ2v) is 24.2. The van der Waals surface area contributed by atoms with Crippen LogP contribution in [-0.2, 0) is 75.9 Å². The number of ether oxygens (including phenoxy) is 14. The first kappa shape index (κ1) is 60.7. The van der Waals surface area contributed by atoms with Gasteiger partial charge in [-0.25, -0.2) is 0 Å². The molecule has 446 valence electrons. The maximum absolute atomic E-state index is 14.1. The number of ketones is 1. The molecule has 9 rings (SSSR count). The van der Waals surface area contributed by atoms with E-state index >= 15 is 0 Å². The maximum atomic E-state index is 14.1. The van der Waals surface area contributed by atoms with Crippen molar-refractivity contribution in [3.8, 4) is 0 Å². The van der Waals surface area contributed by atoms with Crippen LogP contribution >= 0.6 is 0 Å². The second kappa shape index (κ2) is 25.1. The van der Waals surface area contributed by atoms with E-state index in [2.05, 4.69) is 26.8 Å². The Morgan fingerprint density at radius 3 is 1.78 bits per heavy atom. The monoisotopic (exact) mass is 1110 g/mol. The van der Waals surface area contributed by atoms with Crippen molar-refractivity contribution in [2.24, 2.45) is 34.5 Å². The summed E-state index contributed by atoms with van der Waals surface area (Å²) in [6.07, 6.45) is -10.1. The Kier molecular flexibility index (Phi) is 19.6. The molecule has 22 nitrogen and oxygen atoms in total. The molecule has 3 saturated carbocycles. The molecule has 6 N–H and O–H groups in total. The Morgan fingerprint density at radius 2 is 1.22 bits per heavy atom. The Balaban J connectivity index is 0.745. The van der Waals surface area contributed by atoms with Crippen LogP contribution in [0.4, 0.5) is 0 Å². The summed E-state index contributed by atoms with van der Waals surface area (Å²) in [5.74, 6) is 0.262. The van der Waals surface area contributed by atoms with Crippen LogP contribution in [-0.4, -0.2) is 218 Å². The molecule has 8 fully saturated rings. The number of fused-ring (bicyclic) bond motifs is 5. The molecular weight excluding hydrogens is 1020 g/mol. The quantitative estimate of drug-likeness (QED) is 0.0900. The highest BCUT2D eigenvalue weighted by Crippen LogP contribution is 2.66. The minimum atomic E-state index is -1.67. The maximum Gasteiger partial charge on any atom is 0.303 e. The lowest BCUT2D eigenvalue weighted by Gasteiger charge is -2.57. The molecule has 0 bridgehead atoms. The van der Waals surface area contributed by atoms with Crippen LogP contribution in [0.3, 0.4) is 0 Å². The first-order valence-electron chi connectivity index (χ1n) is 28.7. The van der Waals surface area contributed by atoms with E-state index < -0.39 is 142 Å². The highest BCUT2D eigenvalue weighted by molar-refractivity contribution is 5.91. The summed E-state index contributed by atoms with van der Waals surface area (Å²) in [4.78, 5) is 26.2. The topological polar surface area (TPSA) is 285 Å². The van der Waals surface area contributed by atoms with E-state index in [9.17, 15) is 40.2 Å². The number of carbonyl (C=O) groups is 2. The highest BCUT2D eigenvalue weighted by Gasteiger charge is 2.66. The van der Waals surface area contributed by atoms with Crippen LogP contribution in [0, 0.1) is 34.5 Å². The highest BCUT2D eigenvalue weighted by atomic mass is 16.8. The number of hydrogen-bond acceptors (Lipinski definition) is 22. The molecule has 0 aromatic rings. The van der Waals surface area contributed by atoms with E-state index in [-0.39, 0.29) is 65.4 Å². The number of rotatable bonds is 17. The molecule has 0 aromatic carbocycles. The summed E-state index contributed by atoms with van der Waals surface area (Å²) in [7, 11) is 4.69. The van der Waals surface area contributed by atoms with Crippen molar-refractivity contribution in [3.63, 3.8) is 0 Å². The lowest BCUT2D eigenvalue weighted by atomic mass is 9.47. The number of allylic oxidation sites excluding steroid dienone is 1. The summed E-state index contributed by atoms with van der Waals surface area (Å²) in [6.45, 7) is 12.6. The fourth-order valence-corrected chi connectivity index (χ4v) is 15.6.